The Balaban J connectivity index is 1.56. The third-order valence-corrected chi connectivity index (χ3v) is 6.49. The second kappa shape index (κ2) is 7.25. The lowest BCUT2D eigenvalue weighted by Crippen LogP contribution is -2.49. The minimum absolute atomic E-state index is 0.111. The molecular formula is C21H25FN6S. The van der Waals surface area contributed by atoms with Gasteiger partial charge in [-0.15, -0.1) is 3.89 Å². The fourth-order valence-electron chi connectivity index (χ4n) is 4.18. The maximum atomic E-state index is 13.8. The van der Waals surface area contributed by atoms with Crippen molar-refractivity contribution < 1.29 is 3.89 Å². The summed E-state index contributed by atoms with van der Waals surface area (Å²) >= 11 is 0.111. The molecule has 8 heteroatoms. The highest BCUT2D eigenvalue weighted by Gasteiger charge is 2.37. The van der Waals surface area contributed by atoms with Crippen molar-refractivity contribution in [3.05, 3.63) is 36.2 Å². The van der Waals surface area contributed by atoms with Crippen LogP contribution < -0.4 is 10.2 Å². The minimum atomic E-state index is 0.111. The molecule has 152 valence electrons. The minimum Gasteiger partial charge on any atom is -0.354 e. The second-order valence-corrected chi connectivity index (χ2v) is 9.18. The lowest BCUT2D eigenvalue weighted by atomic mass is 9.97. The number of anilines is 1. The number of piperazine rings is 1. The molecule has 1 aliphatic heterocycles. The zero-order valence-corrected chi connectivity index (χ0v) is 17.5. The smallest absolute Gasteiger partial charge is 0.188 e. The number of hydrogen-bond acceptors (Lipinski definition) is 6. The van der Waals surface area contributed by atoms with Crippen molar-refractivity contribution in [2.75, 3.05) is 24.5 Å². The van der Waals surface area contributed by atoms with Crippen LogP contribution in [0.3, 0.4) is 0 Å². The average molecular weight is 413 g/mol. The third-order valence-electron chi connectivity index (χ3n) is 6.09. The Labute approximate surface area is 174 Å². The number of fused-ring (bicyclic) bond motifs is 1. The van der Waals surface area contributed by atoms with Gasteiger partial charge in [0.05, 0.1) is 11.2 Å². The molecule has 1 aromatic carbocycles. The largest absolute Gasteiger partial charge is 0.354 e. The summed E-state index contributed by atoms with van der Waals surface area (Å²) in [6.07, 6.45) is 5.16. The van der Waals surface area contributed by atoms with E-state index in [9.17, 15) is 3.89 Å². The van der Waals surface area contributed by atoms with Gasteiger partial charge in [-0.1, -0.05) is 13.0 Å². The fraction of sp³-hybridized carbons (Fsp3) is 0.476. The number of aromatic nitrogens is 4. The molecule has 1 N–H and O–H groups in total. The van der Waals surface area contributed by atoms with Crippen LogP contribution in [0.25, 0.3) is 22.3 Å². The van der Waals surface area contributed by atoms with E-state index >= 15 is 0 Å². The van der Waals surface area contributed by atoms with Crippen LogP contribution in [-0.4, -0.2) is 44.8 Å². The first-order valence-corrected chi connectivity index (χ1v) is 10.8. The summed E-state index contributed by atoms with van der Waals surface area (Å²) in [5, 5.41) is 8.82. The summed E-state index contributed by atoms with van der Waals surface area (Å²) in [7, 11) is 0. The standard InChI is InChI=1S/C21H25FN6S/c1-14-12-27(8-7-23-14)19-10-18(24-13-25-19)20-16-9-15(11-21(2)5-6-21)3-4-17(16)26-28(20)29-22/h3-4,9-10,13-14,23H,5-8,11-12H2,1-2H3. The van der Waals surface area contributed by atoms with Gasteiger partial charge in [-0.2, -0.15) is 9.19 Å². The van der Waals surface area contributed by atoms with Gasteiger partial charge in [0.1, 0.15) is 17.8 Å². The van der Waals surface area contributed by atoms with Gasteiger partial charge in [0, 0.05) is 37.1 Å². The summed E-state index contributed by atoms with van der Waals surface area (Å²) in [5.74, 6) is 0.870. The van der Waals surface area contributed by atoms with Gasteiger partial charge in [-0.3, -0.25) is 0 Å². The summed E-state index contributed by atoms with van der Waals surface area (Å²) in [4.78, 5) is 11.2. The van der Waals surface area contributed by atoms with Crippen LogP contribution >= 0.6 is 12.3 Å². The van der Waals surface area contributed by atoms with Crippen molar-refractivity contribution in [2.45, 2.75) is 39.2 Å². The summed E-state index contributed by atoms with van der Waals surface area (Å²) in [6, 6.07) is 8.62. The van der Waals surface area contributed by atoms with Gasteiger partial charge in [0.2, 0.25) is 0 Å². The molecule has 0 bridgehead atoms. The molecule has 1 unspecified atom stereocenters. The van der Waals surface area contributed by atoms with Gasteiger partial charge in [-0.05, 0) is 49.3 Å². The van der Waals surface area contributed by atoms with Crippen molar-refractivity contribution in [3.63, 3.8) is 0 Å². The van der Waals surface area contributed by atoms with Crippen LogP contribution in [0.4, 0.5) is 9.70 Å². The van der Waals surface area contributed by atoms with Crippen molar-refractivity contribution in [1.82, 2.24) is 24.5 Å². The predicted octanol–water partition coefficient (Wildman–Crippen LogP) is 4.01. The van der Waals surface area contributed by atoms with Gasteiger partial charge >= 0.3 is 0 Å². The lowest BCUT2D eigenvalue weighted by Gasteiger charge is -2.32. The molecule has 1 aliphatic carbocycles. The molecule has 1 atom stereocenters. The van der Waals surface area contributed by atoms with Crippen molar-refractivity contribution in [2.24, 2.45) is 5.41 Å². The molecule has 29 heavy (non-hydrogen) atoms. The van der Waals surface area contributed by atoms with Crippen LogP contribution in [0.1, 0.15) is 32.3 Å². The molecule has 1 saturated heterocycles. The summed E-state index contributed by atoms with van der Waals surface area (Å²) in [6.45, 7) is 7.19. The topological polar surface area (TPSA) is 58.9 Å². The van der Waals surface area contributed by atoms with Gasteiger partial charge in [-0.25, -0.2) is 9.97 Å². The van der Waals surface area contributed by atoms with Crippen LogP contribution in [0.2, 0.25) is 0 Å². The van der Waals surface area contributed by atoms with E-state index in [0.29, 0.717) is 22.8 Å². The Bertz CT molecular complexity index is 1050. The maximum absolute atomic E-state index is 13.8. The van der Waals surface area contributed by atoms with E-state index in [4.69, 9.17) is 0 Å². The van der Waals surface area contributed by atoms with E-state index in [1.54, 1.807) is 6.33 Å². The lowest BCUT2D eigenvalue weighted by molar-refractivity contribution is 0.482. The Morgan fingerprint density at radius 1 is 1.28 bits per heavy atom. The van der Waals surface area contributed by atoms with Crippen LogP contribution in [0.5, 0.6) is 0 Å². The molecule has 5 rings (SSSR count). The van der Waals surface area contributed by atoms with Crippen molar-refractivity contribution >= 4 is 29.1 Å². The number of hydrogen-bond donors (Lipinski definition) is 1. The zero-order chi connectivity index (χ0) is 20.0. The van der Waals surface area contributed by atoms with E-state index in [0.717, 1.165) is 42.8 Å². The first-order chi connectivity index (χ1) is 14.0. The van der Waals surface area contributed by atoms with E-state index < -0.39 is 0 Å². The molecule has 3 heterocycles. The van der Waals surface area contributed by atoms with Crippen LogP contribution in [0, 0.1) is 5.41 Å². The van der Waals surface area contributed by atoms with Gasteiger partial charge in [0.15, 0.2) is 12.3 Å². The number of nitrogens with one attached hydrogen (secondary N) is 1. The summed E-state index contributed by atoms with van der Waals surface area (Å²) in [5.41, 5.74) is 3.86. The fourth-order valence-corrected chi connectivity index (χ4v) is 4.56. The Morgan fingerprint density at radius 3 is 2.90 bits per heavy atom. The highest BCUT2D eigenvalue weighted by molar-refractivity contribution is 7.92. The first-order valence-electron chi connectivity index (χ1n) is 10.2. The molecule has 2 fully saturated rings. The van der Waals surface area contributed by atoms with E-state index in [-0.39, 0.29) is 12.3 Å². The molecule has 0 amide bonds. The van der Waals surface area contributed by atoms with Gasteiger partial charge in [0.25, 0.3) is 0 Å². The van der Waals surface area contributed by atoms with E-state index in [1.165, 1.54) is 22.5 Å². The molecule has 3 aromatic rings. The predicted molar refractivity (Wildman–Crippen MR) is 116 cm³/mol. The Hall–Kier alpha value is -2.19. The van der Waals surface area contributed by atoms with Crippen LogP contribution in [0.15, 0.2) is 30.6 Å². The third kappa shape index (κ3) is 3.71. The number of halogens is 1. The molecular weight excluding hydrogens is 387 g/mol. The molecule has 0 spiro atoms. The molecule has 6 nitrogen and oxygen atoms in total. The second-order valence-electron chi connectivity index (χ2n) is 8.69. The Morgan fingerprint density at radius 2 is 2.14 bits per heavy atom. The number of benzene rings is 1. The van der Waals surface area contributed by atoms with Crippen LogP contribution in [-0.2, 0) is 6.42 Å². The molecule has 1 saturated carbocycles. The SMILES string of the molecule is CC1CN(c2cc(-c3c4cc(CC5(C)CC5)ccc4nn3SF)ncn2)CCN1. The van der Waals surface area contributed by atoms with E-state index in [2.05, 4.69) is 51.3 Å². The Kier molecular flexibility index (Phi) is 4.70. The monoisotopic (exact) mass is 412 g/mol. The maximum Gasteiger partial charge on any atom is 0.188 e. The zero-order valence-electron chi connectivity index (χ0n) is 16.7. The van der Waals surface area contributed by atoms with Crippen molar-refractivity contribution in [3.8, 4) is 11.4 Å². The molecule has 2 aromatic heterocycles. The average Bonchev–Trinajstić information content (AvgIpc) is 3.33. The highest BCUT2D eigenvalue weighted by atomic mass is 32.2. The quantitative estimate of drug-likeness (QED) is 0.683. The molecule has 0 radical (unpaired) electrons. The normalized spacial score (nSPS) is 20.9. The first kappa shape index (κ1) is 18.8. The van der Waals surface area contributed by atoms with Crippen molar-refractivity contribution in [1.29, 1.82) is 0 Å². The summed E-state index contributed by atoms with van der Waals surface area (Å²) < 4.78 is 15.1. The van der Waals surface area contributed by atoms with E-state index in [1.807, 2.05) is 12.1 Å². The number of nitrogens with zero attached hydrogens (tertiary/aromatic N) is 5. The van der Waals surface area contributed by atoms with Gasteiger partial charge < -0.3 is 10.2 Å². The number of rotatable bonds is 5. The molecule has 2 aliphatic rings. The highest BCUT2D eigenvalue weighted by Crippen LogP contribution is 2.48.